The summed E-state index contributed by atoms with van der Waals surface area (Å²) in [6, 6.07) is 13.0. The van der Waals surface area contributed by atoms with Gasteiger partial charge in [0.25, 0.3) is 5.91 Å². The van der Waals surface area contributed by atoms with Crippen LogP contribution in [0.2, 0.25) is 0 Å². The van der Waals surface area contributed by atoms with Gasteiger partial charge in [0.05, 0.1) is 5.56 Å². The minimum Gasteiger partial charge on any atom is -0.360 e. The largest absolute Gasteiger partial charge is 0.360 e. The fourth-order valence-electron chi connectivity index (χ4n) is 3.20. The molecule has 2 amide bonds. The molecule has 0 saturated carbocycles. The number of H-pyrrole nitrogens is 1. The summed E-state index contributed by atoms with van der Waals surface area (Å²) in [6.45, 7) is 0.562. The number of nitrogens with one attached hydrogen (secondary N) is 2. The molecule has 2 aromatic carbocycles. The minimum atomic E-state index is -0.557. The van der Waals surface area contributed by atoms with Gasteiger partial charge in [0.1, 0.15) is 11.9 Å². The van der Waals surface area contributed by atoms with E-state index in [1.54, 1.807) is 11.0 Å². The van der Waals surface area contributed by atoms with Crippen LogP contribution in [0.5, 0.6) is 0 Å². The van der Waals surface area contributed by atoms with Gasteiger partial charge < -0.3 is 15.2 Å². The van der Waals surface area contributed by atoms with E-state index in [9.17, 15) is 14.0 Å². The Labute approximate surface area is 143 Å². The van der Waals surface area contributed by atoms with Crippen molar-refractivity contribution < 1.29 is 14.0 Å². The second-order valence-corrected chi connectivity index (χ2v) is 6.03. The van der Waals surface area contributed by atoms with E-state index >= 15 is 0 Å². The topological polar surface area (TPSA) is 65.2 Å². The number of para-hydroxylation sites is 1. The van der Waals surface area contributed by atoms with Crippen molar-refractivity contribution in [3.63, 3.8) is 0 Å². The molecule has 0 radical (unpaired) electrons. The molecule has 1 atom stereocenters. The molecule has 1 unspecified atom stereocenters. The number of carbonyl (C=O) groups is 2. The first-order valence-corrected chi connectivity index (χ1v) is 8.07. The van der Waals surface area contributed by atoms with Crippen LogP contribution in [0.3, 0.4) is 0 Å². The van der Waals surface area contributed by atoms with Crippen molar-refractivity contribution in [3.05, 3.63) is 66.1 Å². The number of amides is 2. The van der Waals surface area contributed by atoms with E-state index in [1.807, 2.05) is 30.3 Å². The highest BCUT2D eigenvalue weighted by atomic mass is 19.1. The molecule has 3 aromatic rings. The Morgan fingerprint density at radius 2 is 2.00 bits per heavy atom. The Hall–Kier alpha value is -3.15. The first-order valence-electron chi connectivity index (χ1n) is 8.07. The zero-order valence-corrected chi connectivity index (χ0v) is 13.3. The lowest BCUT2D eigenvalue weighted by Gasteiger charge is -2.17. The molecule has 1 aliphatic rings. The monoisotopic (exact) mass is 337 g/mol. The number of hydrogen-bond donors (Lipinski definition) is 2. The Balaban J connectivity index is 1.52. The van der Waals surface area contributed by atoms with Crippen molar-refractivity contribution in [2.24, 2.45) is 0 Å². The van der Waals surface area contributed by atoms with E-state index < -0.39 is 6.04 Å². The maximum atomic E-state index is 13.3. The van der Waals surface area contributed by atoms with Crippen LogP contribution in [0.25, 0.3) is 10.9 Å². The molecule has 25 heavy (non-hydrogen) atoms. The predicted octanol–water partition coefficient (Wildman–Crippen LogP) is 2.84. The zero-order valence-electron chi connectivity index (χ0n) is 13.3. The highest BCUT2D eigenvalue weighted by molar-refractivity contribution is 6.09. The SMILES string of the molecule is O=C(NC1CCN(c2ccccc2)C1=O)c1c[nH]c2cc(F)ccc12. The Kier molecular flexibility index (Phi) is 3.72. The van der Waals surface area contributed by atoms with Crippen LogP contribution < -0.4 is 10.2 Å². The second-order valence-electron chi connectivity index (χ2n) is 6.03. The van der Waals surface area contributed by atoms with Crippen LogP contribution in [-0.4, -0.2) is 29.4 Å². The van der Waals surface area contributed by atoms with E-state index in [-0.39, 0.29) is 17.6 Å². The fraction of sp³-hybridized carbons (Fsp3) is 0.158. The molecule has 6 heteroatoms. The molecule has 1 aliphatic heterocycles. The van der Waals surface area contributed by atoms with Gasteiger partial charge in [-0.2, -0.15) is 0 Å². The number of nitrogens with zero attached hydrogens (tertiary/aromatic N) is 1. The summed E-state index contributed by atoms with van der Waals surface area (Å²) in [7, 11) is 0. The summed E-state index contributed by atoms with van der Waals surface area (Å²) in [5.74, 6) is -0.831. The molecular formula is C19H16FN3O2. The average molecular weight is 337 g/mol. The molecule has 1 saturated heterocycles. The highest BCUT2D eigenvalue weighted by Gasteiger charge is 2.34. The van der Waals surface area contributed by atoms with Gasteiger partial charge in [-0.05, 0) is 36.8 Å². The van der Waals surface area contributed by atoms with E-state index in [2.05, 4.69) is 10.3 Å². The number of halogens is 1. The maximum absolute atomic E-state index is 13.3. The predicted molar refractivity (Wildman–Crippen MR) is 92.9 cm³/mol. The van der Waals surface area contributed by atoms with Crippen LogP contribution >= 0.6 is 0 Å². The number of carbonyl (C=O) groups excluding carboxylic acids is 2. The van der Waals surface area contributed by atoms with E-state index in [1.165, 1.54) is 18.3 Å². The molecule has 0 aliphatic carbocycles. The van der Waals surface area contributed by atoms with Crippen molar-refractivity contribution >= 4 is 28.4 Å². The highest BCUT2D eigenvalue weighted by Crippen LogP contribution is 2.23. The average Bonchev–Trinajstić information content (AvgIpc) is 3.19. The van der Waals surface area contributed by atoms with E-state index in [0.717, 1.165) is 5.69 Å². The van der Waals surface area contributed by atoms with E-state index in [4.69, 9.17) is 0 Å². The van der Waals surface area contributed by atoms with E-state index in [0.29, 0.717) is 29.4 Å². The molecule has 0 spiro atoms. The zero-order chi connectivity index (χ0) is 17.4. The molecule has 1 aromatic heterocycles. The van der Waals surface area contributed by atoms with Gasteiger partial charge in [-0.1, -0.05) is 18.2 Å². The second kappa shape index (κ2) is 6.05. The number of aromatic amines is 1. The van der Waals surface area contributed by atoms with Gasteiger partial charge in [0.15, 0.2) is 0 Å². The Morgan fingerprint density at radius 3 is 2.80 bits per heavy atom. The third-order valence-electron chi connectivity index (χ3n) is 4.47. The number of anilines is 1. The Bertz CT molecular complexity index is 952. The summed E-state index contributed by atoms with van der Waals surface area (Å²) < 4.78 is 13.3. The molecular weight excluding hydrogens is 321 g/mol. The molecule has 0 bridgehead atoms. The van der Waals surface area contributed by atoms with Crippen molar-refractivity contribution in [1.82, 2.24) is 10.3 Å². The number of rotatable bonds is 3. The number of hydrogen-bond acceptors (Lipinski definition) is 2. The maximum Gasteiger partial charge on any atom is 0.254 e. The lowest BCUT2D eigenvalue weighted by Crippen LogP contribution is -2.41. The van der Waals surface area contributed by atoms with Crippen LogP contribution in [0.15, 0.2) is 54.7 Å². The number of fused-ring (bicyclic) bond motifs is 1. The summed E-state index contributed by atoms with van der Waals surface area (Å²) >= 11 is 0. The lowest BCUT2D eigenvalue weighted by atomic mass is 10.1. The summed E-state index contributed by atoms with van der Waals surface area (Å²) in [4.78, 5) is 29.7. The minimum absolute atomic E-state index is 0.120. The third kappa shape index (κ3) is 2.76. The number of benzene rings is 2. The van der Waals surface area contributed by atoms with Crippen molar-refractivity contribution in [3.8, 4) is 0 Å². The molecule has 1 fully saturated rings. The lowest BCUT2D eigenvalue weighted by molar-refractivity contribution is -0.118. The van der Waals surface area contributed by atoms with Crippen molar-refractivity contribution in [1.29, 1.82) is 0 Å². The van der Waals surface area contributed by atoms with Gasteiger partial charge in [0, 0.05) is 29.3 Å². The van der Waals surface area contributed by atoms with Gasteiger partial charge in [-0.15, -0.1) is 0 Å². The molecule has 2 heterocycles. The first kappa shape index (κ1) is 15.4. The molecule has 5 nitrogen and oxygen atoms in total. The van der Waals surface area contributed by atoms with Gasteiger partial charge >= 0.3 is 0 Å². The Morgan fingerprint density at radius 1 is 1.20 bits per heavy atom. The molecule has 4 rings (SSSR count). The summed E-state index contributed by atoms with van der Waals surface area (Å²) in [5, 5.41) is 3.42. The molecule has 126 valence electrons. The van der Waals surface area contributed by atoms with Crippen LogP contribution in [-0.2, 0) is 4.79 Å². The normalized spacial score (nSPS) is 17.2. The van der Waals surface area contributed by atoms with Crippen LogP contribution in [0, 0.1) is 5.82 Å². The third-order valence-corrected chi connectivity index (χ3v) is 4.47. The number of aromatic nitrogens is 1. The van der Waals surface area contributed by atoms with Crippen molar-refractivity contribution in [2.45, 2.75) is 12.5 Å². The first-order chi connectivity index (χ1) is 12.1. The van der Waals surface area contributed by atoms with Gasteiger partial charge in [-0.25, -0.2) is 4.39 Å². The smallest absolute Gasteiger partial charge is 0.254 e. The summed E-state index contributed by atoms with van der Waals surface area (Å²) in [6.07, 6.45) is 2.09. The quantitative estimate of drug-likeness (QED) is 0.772. The van der Waals surface area contributed by atoms with Crippen molar-refractivity contribution in [2.75, 3.05) is 11.4 Å². The standard InChI is InChI=1S/C19H16FN3O2/c20-12-6-7-14-15(11-21-17(14)10-12)18(24)22-16-8-9-23(19(16)25)13-4-2-1-3-5-13/h1-7,10-11,16,21H,8-9H2,(H,22,24). The van der Waals surface area contributed by atoms with Crippen LogP contribution in [0.1, 0.15) is 16.8 Å². The molecule has 2 N–H and O–H groups in total. The summed E-state index contributed by atoms with van der Waals surface area (Å²) in [5.41, 5.74) is 1.78. The van der Waals surface area contributed by atoms with Gasteiger partial charge in [0.2, 0.25) is 5.91 Å². The fourth-order valence-corrected chi connectivity index (χ4v) is 3.20. The van der Waals surface area contributed by atoms with Gasteiger partial charge in [-0.3, -0.25) is 9.59 Å². The van der Waals surface area contributed by atoms with Crippen LogP contribution in [0.4, 0.5) is 10.1 Å².